The van der Waals surface area contributed by atoms with Gasteiger partial charge in [-0.15, -0.1) is 0 Å². The monoisotopic (exact) mass is 188 g/mol. The first-order valence-electron chi connectivity index (χ1n) is 5.76. The van der Waals surface area contributed by atoms with Crippen LogP contribution < -0.4 is 0 Å². The largest absolute Gasteiger partial charge is 0.0884 e. The van der Waals surface area contributed by atoms with E-state index >= 15 is 0 Å². The van der Waals surface area contributed by atoms with Crippen molar-refractivity contribution in [2.45, 2.75) is 33.1 Å². The first-order chi connectivity index (χ1) is 6.79. The van der Waals surface area contributed by atoms with Gasteiger partial charge in [-0.1, -0.05) is 36.0 Å². The Labute approximate surface area is 87.4 Å². The van der Waals surface area contributed by atoms with Gasteiger partial charge in [-0.05, 0) is 50.9 Å². The maximum atomic E-state index is 2.45. The molecule has 2 aliphatic rings. The highest BCUT2D eigenvalue weighted by Gasteiger charge is 2.33. The normalized spacial score (nSPS) is 36.1. The minimum absolute atomic E-state index is 0.842. The molecule has 0 aromatic heterocycles. The lowest BCUT2D eigenvalue weighted by atomic mass is 9.93. The summed E-state index contributed by atoms with van der Waals surface area (Å²) in [6, 6.07) is 0. The SMILES string of the molecule is CC=C(C)CC=CC1CC2C=CC1C2. The molecule has 3 atom stereocenters. The Hall–Kier alpha value is -0.780. The predicted molar refractivity (Wildman–Crippen MR) is 62.0 cm³/mol. The van der Waals surface area contributed by atoms with Gasteiger partial charge in [0.2, 0.25) is 0 Å². The van der Waals surface area contributed by atoms with E-state index in [2.05, 4.69) is 44.2 Å². The van der Waals surface area contributed by atoms with Crippen LogP contribution in [0.1, 0.15) is 33.1 Å². The highest BCUT2D eigenvalue weighted by molar-refractivity contribution is 5.15. The molecule has 0 heterocycles. The molecule has 0 N–H and O–H groups in total. The van der Waals surface area contributed by atoms with Gasteiger partial charge in [-0.25, -0.2) is 0 Å². The minimum Gasteiger partial charge on any atom is -0.0884 e. The van der Waals surface area contributed by atoms with E-state index in [1.165, 1.54) is 18.4 Å². The van der Waals surface area contributed by atoms with Crippen molar-refractivity contribution < 1.29 is 0 Å². The quantitative estimate of drug-likeness (QED) is 0.585. The van der Waals surface area contributed by atoms with Crippen LogP contribution in [0.5, 0.6) is 0 Å². The molecule has 0 radical (unpaired) electrons. The van der Waals surface area contributed by atoms with Crippen molar-refractivity contribution in [2.24, 2.45) is 17.8 Å². The van der Waals surface area contributed by atoms with Crippen molar-refractivity contribution in [2.75, 3.05) is 0 Å². The van der Waals surface area contributed by atoms with E-state index in [1.807, 2.05) is 0 Å². The molecule has 0 heteroatoms. The second-order valence-corrected chi connectivity index (χ2v) is 4.71. The molecule has 1 saturated carbocycles. The molecular formula is C14H20. The van der Waals surface area contributed by atoms with Crippen LogP contribution in [-0.2, 0) is 0 Å². The standard InChI is InChI=1S/C14H20/c1-3-11(2)5-4-6-13-9-12-7-8-14(13)10-12/h3-4,6-8,12-14H,5,9-10H2,1-2H3. The summed E-state index contributed by atoms with van der Waals surface area (Å²) in [6.07, 6.45) is 15.8. The van der Waals surface area contributed by atoms with E-state index < -0.39 is 0 Å². The number of hydrogen-bond acceptors (Lipinski definition) is 0. The molecule has 0 spiro atoms. The molecule has 2 aliphatic carbocycles. The predicted octanol–water partition coefficient (Wildman–Crippen LogP) is 4.11. The average Bonchev–Trinajstić information content (AvgIpc) is 2.79. The molecular weight excluding hydrogens is 168 g/mol. The van der Waals surface area contributed by atoms with Gasteiger partial charge in [-0.3, -0.25) is 0 Å². The van der Waals surface area contributed by atoms with Crippen LogP contribution in [0.4, 0.5) is 0 Å². The van der Waals surface area contributed by atoms with Crippen molar-refractivity contribution in [3.63, 3.8) is 0 Å². The van der Waals surface area contributed by atoms with Crippen LogP contribution in [0.2, 0.25) is 0 Å². The summed E-state index contributed by atoms with van der Waals surface area (Å²) in [4.78, 5) is 0. The molecule has 0 aromatic carbocycles. The lowest BCUT2D eigenvalue weighted by Crippen LogP contribution is -2.02. The summed E-state index contributed by atoms with van der Waals surface area (Å²) in [7, 11) is 0. The van der Waals surface area contributed by atoms with Gasteiger partial charge in [0.25, 0.3) is 0 Å². The smallest absolute Gasteiger partial charge is 0.0142 e. The molecule has 1 fully saturated rings. The van der Waals surface area contributed by atoms with Gasteiger partial charge in [0.05, 0.1) is 0 Å². The van der Waals surface area contributed by atoms with Crippen LogP contribution >= 0.6 is 0 Å². The second-order valence-electron chi connectivity index (χ2n) is 4.71. The molecule has 3 unspecified atom stereocenters. The molecule has 14 heavy (non-hydrogen) atoms. The van der Waals surface area contributed by atoms with Gasteiger partial charge >= 0.3 is 0 Å². The lowest BCUT2D eigenvalue weighted by molar-refractivity contribution is 0.549. The molecule has 0 aromatic rings. The minimum atomic E-state index is 0.842. The summed E-state index contributed by atoms with van der Waals surface area (Å²) >= 11 is 0. The summed E-state index contributed by atoms with van der Waals surface area (Å²) in [6.45, 7) is 4.31. The first kappa shape index (κ1) is 9.76. The van der Waals surface area contributed by atoms with Crippen molar-refractivity contribution >= 4 is 0 Å². The number of fused-ring (bicyclic) bond motifs is 2. The Balaban J connectivity index is 1.84. The van der Waals surface area contributed by atoms with E-state index in [0.29, 0.717) is 0 Å². The van der Waals surface area contributed by atoms with Gasteiger partial charge in [-0.2, -0.15) is 0 Å². The van der Waals surface area contributed by atoms with Crippen molar-refractivity contribution in [3.05, 3.63) is 36.0 Å². The topological polar surface area (TPSA) is 0 Å². The van der Waals surface area contributed by atoms with Crippen molar-refractivity contribution in [1.29, 1.82) is 0 Å². The van der Waals surface area contributed by atoms with Gasteiger partial charge in [0.1, 0.15) is 0 Å². The van der Waals surface area contributed by atoms with Crippen LogP contribution in [0.3, 0.4) is 0 Å². The Morgan fingerprint density at radius 3 is 2.79 bits per heavy atom. The molecule has 0 aliphatic heterocycles. The zero-order valence-electron chi connectivity index (χ0n) is 9.24. The van der Waals surface area contributed by atoms with E-state index in [4.69, 9.17) is 0 Å². The number of allylic oxidation sites excluding steroid dienone is 6. The third kappa shape index (κ3) is 2.00. The highest BCUT2D eigenvalue weighted by Crippen LogP contribution is 2.43. The number of hydrogen-bond donors (Lipinski definition) is 0. The Morgan fingerprint density at radius 1 is 1.36 bits per heavy atom. The van der Waals surface area contributed by atoms with E-state index in [-0.39, 0.29) is 0 Å². The van der Waals surface area contributed by atoms with Crippen LogP contribution in [0, 0.1) is 17.8 Å². The van der Waals surface area contributed by atoms with Crippen LogP contribution in [0.15, 0.2) is 36.0 Å². The van der Waals surface area contributed by atoms with Gasteiger partial charge < -0.3 is 0 Å². The zero-order chi connectivity index (χ0) is 9.97. The van der Waals surface area contributed by atoms with Crippen LogP contribution in [0.25, 0.3) is 0 Å². The summed E-state index contributed by atoms with van der Waals surface area (Å²) in [5.41, 5.74) is 1.47. The summed E-state index contributed by atoms with van der Waals surface area (Å²) in [5.74, 6) is 2.61. The van der Waals surface area contributed by atoms with E-state index in [9.17, 15) is 0 Å². The van der Waals surface area contributed by atoms with E-state index in [1.54, 1.807) is 0 Å². The molecule has 2 rings (SSSR count). The Morgan fingerprint density at radius 2 is 2.21 bits per heavy atom. The molecule has 0 amide bonds. The molecule has 0 nitrogen and oxygen atoms in total. The fourth-order valence-corrected chi connectivity index (χ4v) is 2.59. The van der Waals surface area contributed by atoms with Gasteiger partial charge in [0.15, 0.2) is 0 Å². The Bertz CT molecular complexity index is 280. The zero-order valence-corrected chi connectivity index (χ0v) is 9.24. The average molecular weight is 188 g/mol. The van der Waals surface area contributed by atoms with Crippen molar-refractivity contribution in [3.8, 4) is 0 Å². The van der Waals surface area contributed by atoms with Gasteiger partial charge in [0, 0.05) is 0 Å². The third-order valence-corrected chi connectivity index (χ3v) is 3.65. The lowest BCUT2D eigenvalue weighted by Gasteiger charge is -2.12. The molecule has 76 valence electrons. The summed E-state index contributed by atoms with van der Waals surface area (Å²) < 4.78 is 0. The summed E-state index contributed by atoms with van der Waals surface area (Å²) in [5, 5.41) is 0. The third-order valence-electron chi connectivity index (χ3n) is 3.65. The first-order valence-corrected chi connectivity index (χ1v) is 5.76. The van der Waals surface area contributed by atoms with Crippen molar-refractivity contribution in [1.82, 2.24) is 0 Å². The maximum Gasteiger partial charge on any atom is -0.0142 e. The Kier molecular flexibility index (Phi) is 2.90. The fraction of sp³-hybridized carbons (Fsp3) is 0.571. The van der Waals surface area contributed by atoms with Crippen LogP contribution in [-0.4, -0.2) is 0 Å². The molecule has 2 bridgehead atoms. The fourth-order valence-electron chi connectivity index (χ4n) is 2.59. The van der Waals surface area contributed by atoms with E-state index in [0.717, 1.165) is 24.2 Å². The number of rotatable bonds is 3. The molecule has 0 saturated heterocycles. The second kappa shape index (κ2) is 4.16. The maximum absolute atomic E-state index is 2.45. The highest BCUT2D eigenvalue weighted by atomic mass is 14.4.